The smallest absolute Gasteiger partial charge is 0.259 e. The molecule has 0 aliphatic rings. The van der Waals surface area contributed by atoms with Crippen molar-refractivity contribution < 1.29 is 13.9 Å². The van der Waals surface area contributed by atoms with Crippen LogP contribution in [0.4, 0.5) is 21.7 Å². The van der Waals surface area contributed by atoms with Gasteiger partial charge in [-0.3, -0.25) is 4.79 Å². The molecule has 0 aliphatic carbocycles. The highest BCUT2D eigenvalue weighted by Crippen LogP contribution is 2.20. The Bertz CT molecular complexity index is 884. The number of hydrogen-bond donors (Lipinski definition) is 2. The van der Waals surface area contributed by atoms with Crippen LogP contribution in [0.5, 0.6) is 5.75 Å². The van der Waals surface area contributed by atoms with E-state index >= 15 is 0 Å². The molecule has 7 heteroatoms. The summed E-state index contributed by atoms with van der Waals surface area (Å²) < 4.78 is 18.7. The normalized spacial score (nSPS) is 10.2. The first kappa shape index (κ1) is 16.4. The Balaban J connectivity index is 1.68. The molecule has 0 bridgehead atoms. The molecular formula is C18H15FN4O2. The van der Waals surface area contributed by atoms with Gasteiger partial charge in [0.2, 0.25) is 0 Å². The third-order valence-corrected chi connectivity index (χ3v) is 3.37. The fourth-order valence-corrected chi connectivity index (χ4v) is 2.14. The number of nitrogens with zero attached hydrogens (tertiary/aromatic N) is 2. The van der Waals surface area contributed by atoms with E-state index in [9.17, 15) is 9.18 Å². The van der Waals surface area contributed by atoms with Gasteiger partial charge < -0.3 is 15.4 Å². The summed E-state index contributed by atoms with van der Waals surface area (Å²) in [6.45, 7) is 0. The Labute approximate surface area is 143 Å². The van der Waals surface area contributed by atoms with E-state index in [4.69, 9.17) is 4.74 Å². The number of methoxy groups -OCH3 is 1. The molecule has 0 radical (unpaired) electrons. The Kier molecular flexibility index (Phi) is 4.84. The van der Waals surface area contributed by atoms with Gasteiger partial charge in [-0.2, -0.15) is 0 Å². The maximum Gasteiger partial charge on any atom is 0.259 e. The lowest BCUT2D eigenvalue weighted by Gasteiger charge is -2.08. The fourth-order valence-electron chi connectivity index (χ4n) is 2.14. The lowest BCUT2D eigenvalue weighted by atomic mass is 10.2. The zero-order chi connectivity index (χ0) is 17.6. The summed E-state index contributed by atoms with van der Waals surface area (Å²) >= 11 is 0. The van der Waals surface area contributed by atoms with Gasteiger partial charge in [-0.25, -0.2) is 4.39 Å². The lowest BCUT2D eigenvalue weighted by Crippen LogP contribution is -2.15. The average Bonchev–Trinajstić information content (AvgIpc) is 2.64. The van der Waals surface area contributed by atoms with Crippen molar-refractivity contribution in [3.8, 4) is 5.75 Å². The molecule has 2 aromatic carbocycles. The van der Waals surface area contributed by atoms with Crippen LogP contribution in [0.1, 0.15) is 10.4 Å². The van der Waals surface area contributed by atoms with E-state index in [2.05, 4.69) is 20.8 Å². The Morgan fingerprint density at radius 2 is 1.76 bits per heavy atom. The predicted molar refractivity (Wildman–Crippen MR) is 92.7 cm³/mol. The highest BCUT2D eigenvalue weighted by molar-refractivity contribution is 6.03. The molecule has 2 N–H and O–H groups in total. The SMILES string of the molecule is COc1cccc(Nc2ccc(NC(=O)c3ccccc3F)nn2)c1. The van der Waals surface area contributed by atoms with Gasteiger partial charge in [-0.05, 0) is 36.4 Å². The molecule has 1 amide bonds. The van der Waals surface area contributed by atoms with Crippen molar-refractivity contribution in [1.29, 1.82) is 0 Å². The number of hydrogen-bond acceptors (Lipinski definition) is 5. The number of rotatable bonds is 5. The first-order valence-corrected chi connectivity index (χ1v) is 7.46. The number of benzene rings is 2. The maximum absolute atomic E-state index is 13.6. The van der Waals surface area contributed by atoms with Crippen molar-refractivity contribution in [2.45, 2.75) is 0 Å². The maximum atomic E-state index is 13.6. The summed E-state index contributed by atoms with van der Waals surface area (Å²) in [6, 6.07) is 16.3. The predicted octanol–water partition coefficient (Wildman–Crippen LogP) is 3.62. The van der Waals surface area contributed by atoms with Crippen molar-refractivity contribution in [3.63, 3.8) is 0 Å². The molecule has 0 saturated heterocycles. The summed E-state index contributed by atoms with van der Waals surface area (Å²) in [4.78, 5) is 12.0. The molecule has 0 saturated carbocycles. The van der Waals surface area contributed by atoms with Crippen LogP contribution in [0.15, 0.2) is 60.7 Å². The molecule has 0 atom stereocenters. The topological polar surface area (TPSA) is 76.1 Å². The van der Waals surface area contributed by atoms with Crippen LogP contribution in [-0.4, -0.2) is 23.2 Å². The quantitative estimate of drug-likeness (QED) is 0.743. The molecule has 126 valence electrons. The van der Waals surface area contributed by atoms with Gasteiger partial charge in [0, 0.05) is 11.8 Å². The van der Waals surface area contributed by atoms with E-state index in [0.29, 0.717) is 11.6 Å². The third-order valence-electron chi connectivity index (χ3n) is 3.37. The minimum atomic E-state index is -0.593. The molecule has 25 heavy (non-hydrogen) atoms. The Morgan fingerprint density at radius 1 is 1.00 bits per heavy atom. The highest BCUT2D eigenvalue weighted by Gasteiger charge is 2.11. The first-order valence-electron chi connectivity index (χ1n) is 7.46. The van der Waals surface area contributed by atoms with Gasteiger partial charge in [0.25, 0.3) is 5.91 Å². The van der Waals surface area contributed by atoms with Crippen molar-refractivity contribution in [3.05, 3.63) is 72.0 Å². The fraction of sp³-hybridized carbons (Fsp3) is 0.0556. The van der Waals surface area contributed by atoms with Crippen LogP contribution < -0.4 is 15.4 Å². The van der Waals surface area contributed by atoms with E-state index in [0.717, 1.165) is 5.69 Å². The minimum Gasteiger partial charge on any atom is -0.497 e. The van der Waals surface area contributed by atoms with Gasteiger partial charge in [0.05, 0.1) is 12.7 Å². The summed E-state index contributed by atoms with van der Waals surface area (Å²) in [5.74, 6) is 0.262. The van der Waals surface area contributed by atoms with E-state index < -0.39 is 11.7 Å². The first-order chi connectivity index (χ1) is 12.2. The number of amides is 1. The number of aromatic nitrogens is 2. The average molecular weight is 338 g/mol. The third kappa shape index (κ3) is 4.08. The lowest BCUT2D eigenvalue weighted by molar-refractivity contribution is 0.102. The van der Waals surface area contributed by atoms with Crippen LogP contribution in [0.25, 0.3) is 0 Å². The second kappa shape index (κ2) is 7.39. The van der Waals surface area contributed by atoms with Crippen molar-refractivity contribution >= 4 is 23.2 Å². The van der Waals surface area contributed by atoms with Crippen LogP contribution in [0.2, 0.25) is 0 Å². The zero-order valence-corrected chi connectivity index (χ0v) is 13.4. The number of anilines is 3. The minimum absolute atomic E-state index is 0.0529. The standard InChI is InChI=1S/C18H15FN4O2/c1-25-13-6-4-5-12(11-13)20-16-9-10-17(23-22-16)21-18(24)14-7-2-3-8-15(14)19/h2-11H,1H3,(H,20,22)(H,21,23,24). The van der Waals surface area contributed by atoms with E-state index in [1.165, 1.54) is 18.2 Å². The molecule has 6 nitrogen and oxygen atoms in total. The van der Waals surface area contributed by atoms with Crippen LogP contribution in [0.3, 0.4) is 0 Å². The molecule has 1 heterocycles. The van der Waals surface area contributed by atoms with E-state index in [1.54, 1.807) is 25.3 Å². The van der Waals surface area contributed by atoms with E-state index in [1.807, 2.05) is 24.3 Å². The second-order valence-corrected chi connectivity index (χ2v) is 5.09. The van der Waals surface area contributed by atoms with E-state index in [-0.39, 0.29) is 11.4 Å². The Morgan fingerprint density at radius 3 is 2.48 bits per heavy atom. The van der Waals surface area contributed by atoms with Crippen LogP contribution >= 0.6 is 0 Å². The zero-order valence-electron chi connectivity index (χ0n) is 13.4. The van der Waals surface area contributed by atoms with Gasteiger partial charge >= 0.3 is 0 Å². The molecule has 3 aromatic rings. The van der Waals surface area contributed by atoms with Gasteiger partial charge in [0.15, 0.2) is 11.6 Å². The van der Waals surface area contributed by atoms with Crippen molar-refractivity contribution in [2.24, 2.45) is 0 Å². The summed E-state index contributed by atoms with van der Waals surface area (Å²) in [7, 11) is 1.59. The number of nitrogens with one attached hydrogen (secondary N) is 2. The molecule has 1 aromatic heterocycles. The van der Waals surface area contributed by atoms with Gasteiger partial charge in [-0.15, -0.1) is 10.2 Å². The summed E-state index contributed by atoms with van der Waals surface area (Å²) in [5, 5.41) is 13.5. The Hall–Kier alpha value is -3.48. The number of carbonyl (C=O) groups is 1. The number of carbonyl (C=O) groups excluding carboxylic acids is 1. The van der Waals surface area contributed by atoms with Crippen molar-refractivity contribution in [2.75, 3.05) is 17.7 Å². The van der Waals surface area contributed by atoms with Crippen molar-refractivity contribution in [1.82, 2.24) is 10.2 Å². The molecule has 0 spiro atoms. The molecule has 3 rings (SSSR count). The molecular weight excluding hydrogens is 323 g/mol. The monoisotopic (exact) mass is 338 g/mol. The van der Waals surface area contributed by atoms with Crippen LogP contribution in [-0.2, 0) is 0 Å². The number of ether oxygens (including phenoxy) is 1. The largest absolute Gasteiger partial charge is 0.497 e. The van der Waals surface area contributed by atoms with Crippen LogP contribution in [0, 0.1) is 5.82 Å². The highest BCUT2D eigenvalue weighted by atomic mass is 19.1. The van der Waals surface area contributed by atoms with Gasteiger partial charge in [0.1, 0.15) is 11.6 Å². The van der Waals surface area contributed by atoms with Gasteiger partial charge in [-0.1, -0.05) is 18.2 Å². The molecule has 0 aliphatic heterocycles. The number of halogens is 1. The summed E-state index contributed by atoms with van der Waals surface area (Å²) in [5.41, 5.74) is 0.736. The second-order valence-electron chi connectivity index (χ2n) is 5.09. The molecule has 0 fully saturated rings. The summed E-state index contributed by atoms with van der Waals surface area (Å²) in [6.07, 6.45) is 0. The molecule has 0 unspecified atom stereocenters.